The molecule has 1 aliphatic rings. The largest absolute Gasteiger partial charge is 0.299 e. The zero-order chi connectivity index (χ0) is 16.7. The van der Waals surface area contributed by atoms with Gasteiger partial charge >= 0.3 is 0 Å². The molecule has 0 saturated heterocycles. The van der Waals surface area contributed by atoms with Gasteiger partial charge in [0.15, 0.2) is 5.78 Å². The predicted molar refractivity (Wildman–Crippen MR) is 94.9 cm³/mol. The van der Waals surface area contributed by atoms with Crippen LogP contribution in [0, 0.1) is 5.92 Å². The number of hydrogen-bond donors (Lipinski definition) is 0. The molecule has 0 amide bonds. The van der Waals surface area contributed by atoms with Crippen molar-refractivity contribution >= 4 is 11.6 Å². The maximum absolute atomic E-state index is 12.2. The smallest absolute Gasteiger partial charge is 0.170 e. The van der Waals surface area contributed by atoms with Crippen LogP contribution in [0.15, 0.2) is 24.3 Å². The summed E-state index contributed by atoms with van der Waals surface area (Å²) in [4.78, 5) is 23.9. The van der Waals surface area contributed by atoms with Crippen molar-refractivity contribution in [3.8, 4) is 0 Å². The number of unbranched alkanes of at least 4 members (excludes halogenated alkanes) is 1. The number of Topliss-reactive ketones (excluding diaryl/α,β-unsaturated/α-hetero) is 2. The van der Waals surface area contributed by atoms with Crippen molar-refractivity contribution in [2.24, 2.45) is 5.92 Å². The Morgan fingerprint density at radius 3 is 2.22 bits per heavy atom. The average Bonchev–Trinajstić information content (AvgIpc) is 2.60. The van der Waals surface area contributed by atoms with Gasteiger partial charge in [-0.2, -0.15) is 0 Å². The fraction of sp³-hybridized carbons (Fsp3) is 0.619. The molecule has 0 aliphatic heterocycles. The van der Waals surface area contributed by atoms with Crippen LogP contribution >= 0.6 is 0 Å². The van der Waals surface area contributed by atoms with E-state index < -0.39 is 0 Å². The lowest BCUT2D eigenvalue weighted by Crippen LogP contribution is -2.13. The summed E-state index contributed by atoms with van der Waals surface area (Å²) in [5.74, 6) is 1.58. The molecular formula is C21H30O2. The number of hydrogen-bond acceptors (Lipinski definition) is 2. The molecule has 1 aliphatic carbocycles. The lowest BCUT2D eigenvalue weighted by Gasteiger charge is -2.28. The van der Waals surface area contributed by atoms with Crippen LogP contribution in [-0.4, -0.2) is 11.6 Å². The molecule has 0 heterocycles. The van der Waals surface area contributed by atoms with Crippen LogP contribution in [0.3, 0.4) is 0 Å². The Balaban J connectivity index is 1.89. The molecule has 0 N–H and O–H groups in total. The quantitative estimate of drug-likeness (QED) is 0.455. The minimum atomic E-state index is -0.0349. The summed E-state index contributed by atoms with van der Waals surface area (Å²) in [6.07, 6.45) is 8.94. The third-order valence-electron chi connectivity index (χ3n) is 5.30. The molecule has 2 heteroatoms. The number of ketones is 2. The van der Waals surface area contributed by atoms with Crippen LogP contribution in [0.2, 0.25) is 0 Å². The normalized spacial score (nSPS) is 21.1. The molecule has 0 aromatic heterocycles. The Bertz CT molecular complexity index is 507. The monoisotopic (exact) mass is 314 g/mol. The molecule has 2 nitrogen and oxygen atoms in total. The van der Waals surface area contributed by atoms with E-state index >= 15 is 0 Å². The van der Waals surface area contributed by atoms with Gasteiger partial charge in [0.2, 0.25) is 0 Å². The fourth-order valence-corrected chi connectivity index (χ4v) is 3.59. The van der Waals surface area contributed by atoms with Gasteiger partial charge in [-0.1, -0.05) is 51.0 Å². The summed E-state index contributed by atoms with van der Waals surface area (Å²) in [6.45, 7) is 4.34. The highest BCUT2D eigenvalue weighted by atomic mass is 16.1. The second-order valence-corrected chi connectivity index (χ2v) is 6.99. The van der Waals surface area contributed by atoms with Gasteiger partial charge in [-0.3, -0.25) is 9.59 Å². The van der Waals surface area contributed by atoms with Crippen molar-refractivity contribution in [3.05, 3.63) is 35.4 Å². The summed E-state index contributed by atoms with van der Waals surface area (Å²) in [7, 11) is 0. The van der Waals surface area contributed by atoms with Gasteiger partial charge in [0.1, 0.15) is 5.78 Å². The van der Waals surface area contributed by atoms with Crippen LogP contribution in [-0.2, 0) is 4.79 Å². The second kappa shape index (κ2) is 9.00. The van der Waals surface area contributed by atoms with E-state index in [-0.39, 0.29) is 18.0 Å². The summed E-state index contributed by atoms with van der Waals surface area (Å²) < 4.78 is 0. The number of benzene rings is 1. The maximum atomic E-state index is 12.2. The Labute approximate surface area is 140 Å². The number of carbonyl (C=O) groups excluding carboxylic acids is 2. The highest BCUT2D eigenvalue weighted by molar-refractivity contribution is 6.07. The van der Waals surface area contributed by atoms with Gasteiger partial charge in [-0.15, -0.1) is 0 Å². The van der Waals surface area contributed by atoms with Gasteiger partial charge in [-0.05, 0) is 49.5 Å². The van der Waals surface area contributed by atoms with Gasteiger partial charge in [0, 0.05) is 12.0 Å². The summed E-state index contributed by atoms with van der Waals surface area (Å²) in [5, 5.41) is 0. The standard InChI is InChI=1S/C21H30O2/c1-3-5-6-20(22)15-21(23)19-13-11-18(12-14-19)17-9-7-16(4-2)8-10-17/h11-14,16-17H,3-10,15H2,1-2H3. The van der Waals surface area contributed by atoms with Gasteiger partial charge in [-0.25, -0.2) is 0 Å². The highest BCUT2D eigenvalue weighted by Crippen LogP contribution is 2.36. The molecule has 1 aromatic carbocycles. The minimum absolute atomic E-state index is 0.0349. The second-order valence-electron chi connectivity index (χ2n) is 6.99. The molecule has 23 heavy (non-hydrogen) atoms. The molecule has 126 valence electrons. The molecule has 0 unspecified atom stereocenters. The van der Waals surface area contributed by atoms with Crippen molar-refractivity contribution in [1.29, 1.82) is 0 Å². The first-order valence-corrected chi connectivity index (χ1v) is 9.28. The first-order valence-electron chi connectivity index (χ1n) is 9.28. The van der Waals surface area contributed by atoms with E-state index in [0.29, 0.717) is 17.9 Å². The van der Waals surface area contributed by atoms with Crippen LogP contribution in [0.25, 0.3) is 0 Å². The van der Waals surface area contributed by atoms with Crippen LogP contribution in [0.1, 0.15) is 93.5 Å². The Morgan fingerprint density at radius 1 is 1.00 bits per heavy atom. The molecule has 0 atom stereocenters. The van der Waals surface area contributed by atoms with E-state index in [9.17, 15) is 9.59 Å². The van der Waals surface area contributed by atoms with E-state index in [2.05, 4.69) is 26.0 Å². The van der Waals surface area contributed by atoms with Crippen LogP contribution in [0.4, 0.5) is 0 Å². The molecular weight excluding hydrogens is 284 g/mol. The minimum Gasteiger partial charge on any atom is -0.299 e. The maximum Gasteiger partial charge on any atom is 0.170 e. The number of rotatable bonds is 8. The van der Waals surface area contributed by atoms with Gasteiger partial charge in [0.25, 0.3) is 0 Å². The Morgan fingerprint density at radius 2 is 1.65 bits per heavy atom. The molecule has 1 aromatic rings. The lowest BCUT2D eigenvalue weighted by molar-refractivity contribution is -0.118. The zero-order valence-corrected chi connectivity index (χ0v) is 14.6. The van der Waals surface area contributed by atoms with Crippen molar-refractivity contribution in [3.63, 3.8) is 0 Å². The Hall–Kier alpha value is -1.44. The molecule has 1 saturated carbocycles. The van der Waals surface area contributed by atoms with Crippen LogP contribution < -0.4 is 0 Å². The van der Waals surface area contributed by atoms with Crippen molar-refractivity contribution < 1.29 is 9.59 Å². The Kier molecular flexibility index (Phi) is 7.01. The van der Waals surface area contributed by atoms with Gasteiger partial charge in [0.05, 0.1) is 6.42 Å². The SMILES string of the molecule is CCCCC(=O)CC(=O)c1ccc(C2CCC(CC)CC2)cc1. The molecule has 0 bridgehead atoms. The summed E-state index contributed by atoms with van der Waals surface area (Å²) >= 11 is 0. The van der Waals surface area contributed by atoms with Crippen molar-refractivity contribution in [2.45, 2.75) is 77.6 Å². The third kappa shape index (κ3) is 5.30. The van der Waals surface area contributed by atoms with Crippen molar-refractivity contribution in [1.82, 2.24) is 0 Å². The van der Waals surface area contributed by atoms with E-state index in [1.807, 2.05) is 12.1 Å². The first-order chi connectivity index (χ1) is 11.1. The van der Waals surface area contributed by atoms with E-state index in [4.69, 9.17) is 0 Å². The summed E-state index contributed by atoms with van der Waals surface area (Å²) in [6, 6.07) is 8.02. The topological polar surface area (TPSA) is 34.1 Å². The molecule has 1 fully saturated rings. The molecule has 2 rings (SSSR count). The number of carbonyl (C=O) groups is 2. The average molecular weight is 314 g/mol. The first kappa shape index (κ1) is 17.9. The van der Waals surface area contributed by atoms with Crippen LogP contribution in [0.5, 0.6) is 0 Å². The van der Waals surface area contributed by atoms with E-state index in [1.165, 1.54) is 37.7 Å². The lowest BCUT2D eigenvalue weighted by atomic mass is 9.78. The third-order valence-corrected chi connectivity index (χ3v) is 5.30. The van der Waals surface area contributed by atoms with E-state index in [0.717, 1.165) is 18.8 Å². The molecule has 0 radical (unpaired) electrons. The predicted octanol–water partition coefficient (Wildman–Crippen LogP) is 5.70. The van der Waals surface area contributed by atoms with Crippen molar-refractivity contribution in [2.75, 3.05) is 0 Å². The summed E-state index contributed by atoms with van der Waals surface area (Å²) in [5.41, 5.74) is 2.04. The van der Waals surface area contributed by atoms with Gasteiger partial charge < -0.3 is 0 Å². The molecule has 0 spiro atoms. The highest BCUT2D eigenvalue weighted by Gasteiger charge is 2.21. The fourth-order valence-electron chi connectivity index (χ4n) is 3.59. The zero-order valence-electron chi connectivity index (χ0n) is 14.6. The van der Waals surface area contributed by atoms with E-state index in [1.54, 1.807) is 0 Å².